The summed E-state index contributed by atoms with van der Waals surface area (Å²) in [5.74, 6) is -0.594. The lowest BCUT2D eigenvalue weighted by molar-refractivity contribution is -0.139. The third-order valence-electron chi connectivity index (χ3n) is 3.68. The third kappa shape index (κ3) is 2.52. The quantitative estimate of drug-likeness (QED) is 0.598. The van der Waals surface area contributed by atoms with Gasteiger partial charge in [-0.3, -0.25) is 9.59 Å². The minimum absolute atomic E-state index is 0.303. The number of carbonyl (C=O) groups excluding carboxylic acids is 1. The minimum atomic E-state index is -1.04. The van der Waals surface area contributed by atoms with Gasteiger partial charge in [0.15, 0.2) is 0 Å². The molecule has 2 saturated carbocycles. The zero-order valence-electron chi connectivity index (χ0n) is 9.24. The molecule has 1 amide bonds. The molecule has 0 bridgehead atoms. The Hall–Kier alpha value is -1.10. The second kappa shape index (κ2) is 4.05. The molecule has 2 aliphatic carbocycles. The smallest absolute Gasteiger partial charge is 0.305 e. The van der Waals surface area contributed by atoms with Gasteiger partial charge in [-0.25, -0.2) is 0 Å². The first-order valence-corrected chi connectivity index (χ1v) is 5.79. The van der Waals surface area contributed by atoms with Gasteiger partial charge in [0.25, 0.3) is 0 Å². The molecule has 16 heavy (non-hydrogen) atoms. The van der Waals surface area contributed by atoms with Gasteiger partial charge < -0.3 is 16.2 Å². The van der Waals surface area contributed by atoms with E-state index in [1.54, 1.807) is 0 Å². The van der Waals surface area contributed by atoms with Crippen LogP contribution in [-0.2, 0) is 9.59 Å². The van der Waals surface area contributed by atoms with Gasteiger partial charge in [0.1, 0.15) is 0 Å². The van der Waals surface area contributed by atoms with Crippen molar-refractivity contribution in [3.05, 3.63) is 0 Å². The van der Waals surface area contributed by atoms with Crippen molar-refractivity contribution in [1.29, 1.82) is 0 Å². The first-order valence-electron chi connectivity index (χ1n) is 5.79. The Bertz CT molecular complexity index is 308. The Labute approximate surface area is 94.4 Å². The van der Waals surface area contributed by atoms with Crippen molar-refractivity contribution in [1.82, 2.24) is 5.32 Å². The predicted molar refractivity (Wildman–Crippen MR) is 57.6 cm³/mol. The maximum atomic E-state index is 11.5. The molecule has 0 saturated heterocycles. The highest BCUT2D eigenvalue weighted by atomic mass is 16.4. The topological polar surface area (TPSA) is 92.4 Å². The van der Waals surface area contributed by atoms with E-state index in [1.165, 1.54) is 25.7 Å². The Morgan fingerprint density at radius 2 is 2.06 bits per heavy atom. The van der Waals surface area contributed by atoms with Crippen molar-refractivity contribution in [2.45, 2.75) is 38.1 Å². The Kier molecular flexibility index (Phi) is 2.88. The van der Waals surface area contributed by atoms with Crippen LogP contribution in [0.15, 0.2) is 0 Å². The van der Waals surface area contributed by atoms with Crippen LogP contribution in [0.25, 0.3) is 0 Å². The summed E-state index contributed by atoms with van der Waals surface area (Å²) in [6, 6.07) is -0.924. The van der Waals surface area contributed by atoms with Gasteiger partial charge in [-0.1, -0.05) is 0 Å². The van der Waals surface area contributed by atoms with Crippen molar-refractivity contribution >= 4 is 11.9 Å². The summed E-state index contributed by atoms with van der Waals surface area (Å²) in [6.07, 6.45) is 4.62. The molecule has 1 unspecified atom stereocenters. The van der Waals surface area contributed by atoms with Crippen LogP contribution in [-0.4, -0.2) is 29.6 Å². The highest BCUT2D eigenvalue weighted by molar-refractivity contribution is 5.85. The summed E-state index contributed by atoms with van der Waals surface area (Å²) >= 11 is 0. The predicted octanol–water partition coefficient (Wildman–Crippen LogP) is 0.0948. The normalized spacial score (nSPS) is 23.6. The summed E-state index contributed by atoms with van der Waals surface area (Å²) in [7, 11) is 0. The Balaban J connectivity index is 1.73. The summed E-state index contributed by atoms with van der Waals surface area (Å²) in [5, 5.41) is 11.3. The largest absolute Gasteiger partial charge is 0.481 e. The van der Waals surface area contributed by atoms with E-state index in [2.05, 4.69) is 5.32 Å². The molecule has 0 aliphatic heterocycles. The summed E-state index contributed by atoms with van der Waals surface area (Å²) in [4.78, 5) is 21.9. The van der Waals surface area contributed by atoms with E-state index >= 15 is 0 Å². The van der Waals surface area contributed by atoms with Crippen molar-refractivity contribution in [2.24, 2.45) is 17.1 Å². The van der Waals surface area contributed by atoms with E-state index in [1.807, 2.05) is 0 Å². The number of hydrogen-bond acceptors (Lipinski definition) is 3. The van der Waals surface area contributed by atoms with E-state index in [-0.39, 0.29) is 12.3 Å². The fraction of sp³-hybridized carbons (Fsp3) is 0.818. The molecule has 5 nitrogen and oxygen atoms in total. The number of nitrogens with one attached hydrogen (secondary N) is 1. The highest BCUT2D eigenvalue weighted by Gasteiger charge is 2.53. The van der Waals surface area contributed by atoms with Crippen molar-refractivity contribution < 1.29 is 14.7 Å². The van der Waals surface area contributed by atoms with Crippen LogP contribution in [0, 0.1) is 11.3 Å². The van der Waals surface area contributed by atoms with Crippen LogP contribution in [0.1, 0.15) is 32.1 Å². The maximum absolute atomic E-state index is 11.5. The van der Waals surface area contributed by atoms with Crippen molar-refractivity contribution in [3.63, 3.8) is 0 Å². The third-order valence-corrected chi connectivity index (χ3v) is 3.68. The zero-order chi connectivity index (χ0) is 11.8. The lowest BCUT2D eigenvalue weighted by atomic mass is 10.0. The van der Waals surface area contributed by atoms with Crippen LogP contribution in [0.5, 0.6) is 0 Å². The molecule has 0 aromatic heterocycles. The van der Waals surface area contributed by atoms with Gasteiger partial charge in [0, 0.05) is 6.54 Å². The van der Waals surface area contributed by atoms with E-state index in [0.717, 1.165) is 5.92 Å². The van der Waals surface area contributed by atoms with Gasteiger partial charge in [-0.05, 0) is 37.0 Å². The van der Waals surface area contributed by atoms with Gasteiger partial charge in [0.2, 0.25) is 5.91 Å². The standard InChI is InChI=1S/C11H18N2O3/c12-8(5-9(14)15)10(16)13-6-11(3-4-11)7-1-2-7/h7-8H,1-6,12H2,(H,13,16)(H,14,15). The van der Waals surface area contributed by atoms with Gasteiger partial charge in [-0.2, -0.15) is 0 Å². The molecule has 2 fully saturated rings. The monoisotopic (exact) mass is 226 g/mol. The molecule has 0 spiro atoms. The molecule has 5 heteroatoms. The lowest BCUT2D eigenvalue weighted by Crippen LogP contribution is -2.44. The van der Waals surface area contributed by atoms with Crippen molar-refractivity contribution in [3.8, 4) is 0 Å². The number of rotatable bonds is 6. The highest BCUT2D eigenvalue weighted by Crippen LogP contribution is 2.60. The molecule has 0 aromatic carbocycles. The van der Waals surface area contributed by atoms with E-state index in [4.69, 9.17) is 10.8 Å². The summed E-state index contributed by atoms with van der Waals surface area (Å²) < 4.78 is 0. The molecular weight excluding hydrogens is 208 g/mol. The molecule has 2 rings (SSSR count). The number of nitrogens with two attached hydrogens (primary N) is 1. The fourth-order valence-corrected chi connectivity index (χ4v) is 2.26. The molecule has 0 heterocycles. The van der Waals surface area contributed by atoms with Gasteiger partial charge in [0.05, 0.1) is 12.5 Å². The molecule has 1 atom stereocenters. The number of amides is 1. The summed E-state index contributed by atoms with van der Waals surface area (Å²) in [6.45, 7) is 0.670. The Morgan fingerprint density at radius 1 is 1.44 bits per heavy atom. The molecule has 0 aromatic rings. The number of carboxylic acids is 1. The van der Waals surface area contributed by atoms with Crippen LogP contribution in [0.4, 0.5) is 0 Å². The first kappa shape index (κ1) is 11.4. The second-order valence-electron chi connectivity index (χ2n) is 5.06. The Morgan fingerprint density at radius 3 is 2.50 bits per heavy atom. The molecule has 90 valence electrons. The van der Waals surface area contributed by atoms with E-state index in [0.29, 0.717) is 12.0 Å². The average Bonchev–Trinajstić information content (AvgIpc) is 3.03. The maximum Gasteiger partial charge on any atom is 0.305 e. The van der Waals surface area contributed by atoms with E-state index < -0.39 is 12.0 Å². The van der Waals surface area contributed by atoms with Crippen LogP contribution < -0.4 is 11.1 Å². The number of hydrogen-bond donors (Lipinski definition) is 3. The lowest BCUT2D eigenvalue weighted by Gasteiger charge is -2.16. The number of carbonyl (C=O) groups is 2. The van der Waals surface area contributed by atoms with Crippen LogP contribution in [0.2, 0.25) is 0 Å². The molecular formula is C11H18N2O3. The van der Waals surface area contributed by atoms with Gasteiger partial charge >= 0.3 is 5.97 Å². The van der Waals surface area contributed by atoms with Gasteiger partial charge in [-0.15, -0.1) is 0 Å². The molecule has 0 radical (unpaired) electrons. The average molecular weight is 226 g/mol. The minimum Gasteiger partial charge on any atom is -0.481 e. The SMILES string of the molecule is NC(CC(=O)O)C(=O)NCC1(C2CC2)CC1. The molecule has 4 N–H and O–H groups in total. The summed E-state index contributed by atoms with van der Waals surface area (Å²) in [5.41, 5.74) is 5.80. The van der Waals surface area contributed by atoms with Crippen LogP contribution >= 0.6 is 0 Å². The second-order valence-corrected chi connectivity index (χ2v) is 5.06. The first-order chi connectivity index (χ1) is 7.53. The number of carboxylic acid groups (broad SMARTS) is 1. The van der Waals surface area contributed by atoms with Crippen molar-refractivity contribution in [2.75, 3.05) is 6.54 Å². The zero-order valence-corrected chi connectivity index (χ0v) is 9.24. The van der Waals surface area contributed by atoms with Crippen LogP contribution in [0.3, 0.4) is 0 Å². The van der Waals surface area contributed by atoms with E-state index in [9.17, 15) is 9.59 Å². The fourth-order valence-electron chi connectivity index (χ4n) is 2.26. The molecule has 2 aliphatic rings. The number of aliphatic carboxylic acids is 1.